The van der Waals surface area contributed by atoms with Gasteiger partial charge in [0.05, 0.1) is 22.8 Å². The van der Waals surface area contributed by atoms with Crippen LogP contribution in [0.4, 0.5) is 11.4 Å². The van der Waals surface area contributed by atoms with Gasteiger partial charge in [-0.2, -0.15) is 0 Å². The van der Waals surface area contributed by atoms with E-state index in [4.69, 9.17) is 0 Å². The predicted molar refractivity (Wildman–Crippen MR) is 249 cm³/mol. The normalized spacial score (nSPS) is 16.3. The topological polar surface area (TPSA) is 8.17 Å². The molecule has 0 spiro atoms. The summed E-state index contributed by atoms with van der Waals surface area (Å²) in [6.45, 7) is 4.74. The third-order valence-corrected chi connectivity index (χ3v) is 12.8. The minimum atomic E-state index is -0.102. The lowest BCUT2D eigenvalue weighted by atomic mass is 9.81. The smallest absolute Gasteiger partial charge is 0.0629 e. The van der Waals surface area contributed by atoms with Gasteiger partial charge in [-0.05, 0) is 80.9 Å². The molecule has 1 heterocycles. The van der Waals surface area contributed by atoms with E-state index in [1.807, 2.05) is 0 Å². The molecule has 2 atom stereocenters. The maximum Gasteiger partial charge on any atom is 0.0629 e. The third-order valence-electron chi connectivity index (χ3n) is 12.8. The first-order valence-corrected chi connectivity index (χ1v) is 20.8. The number of hydrogen-bond acceptors (Lipinski definition) is 1. The zero-order valence-corrected chi connectivity index (χ0v) is 33.3. The van der Waals surface area contributed by atoms with Gasteiger partial charge in [0, 0.05) is 39.0 Å². The number of allylic oxidation sites excluding steroid dienone is 2. The van der Waals surface area contributed by atoms with E-state index in [1.54, 1.807) is 0 Å². The van der Waals surface area contributed by atoms with Gasteiger partial charge in [0.1, 0.15) is 0 Å². The summed E-state index contributed by atoms with van der Waals surface area (Å²) in [5.41, 5.74) is 17.5. The van der Waals surface area contributed by atoms with Crippen molar-refractivity contribution in [2.75, 3.05) is 4.90 Å². The molecule has 0 bridgehead atoms. The van der Waals surface area contributed by atoms with Crippen LogP contribution in [0, 0.1) is 0 Å². The molecule has 0 radical (unpaired) electrons. The van der Waals surface area contributed by atoms with Crippen molar-refractivity contribution >= 4 is 33.2 Å². The van der Waals surface area contributed by atoms with E-state index < -0.39 is 0 Å². The molecule has 59 heavy (non-hydrogen) atoms. The lowest BCUT2D eigenvalue weighted by Gasteiger charge is -2.39. The summed E-state index contributed by atoms with van der Waals surface area (Å²) in [6, 6.07) is 71.5. The summed E-state index contributed by atoms with van der Waals surface area (Å²) in [4.78, 5) is 2.65. The van der Waals surface area contributed by atoms with Gasteiger partial charge < -0.3 is 9.47 Å². The summed E-state index contributed by atoms with van der Waals surface area (Å²) < 4.78 is 2.43. The summed E-state index contributed by atoms with van der Waals surface area (Å²) >= 11 is 0. The van der Waals surface area contributed by atoms with Crippen LogP contribution in [0.15, 0.2) is 218 Å². The summed E-state index contributed by atoms with van der Waals surface area (Å²) in [7, 11) is 0. The van der Waals surface area contributed by atoms with Crippen LogP contribution in [-0.4, -0.2) is 10.6 Å². The molecule has 9 aromatic rings. The molecule has 0 fully saturated rings. The number of anilines is 2. The summed E-state index contributed by atoms with van der Waals surface area (Å²) in [6.07, 6.45) is 9.27. The van der Waals surface area contributed by atoms with Crippen molar-refractivity contribution in [2.45, 2.75) is 31.2 Å². The lowest BCUT2D eigenvalue weighted by molar-refractivity contribution is 0.660. The molecule has 11 rings (SSSR count). The molecule has 8 aromatic carbocycles. The van der Waals surface area contributed by atoms with Crippen LogP contribution < -0.4 is 4.90 Å². The Bertz CT molecular complexity index is 3070. The Balaban J connectivity index is 1.17. The molecule has 0 saturated carbocycles. The highest BCUT2D eigenvalue weighted by Gasteiger charge is 2.38. The standard InChI is InChI=1S/C57H44N2/c1-57(2)48-28-13-9-25-46(48)55-45(27-17-29-49(55)57)44-24-11-15-31-51(44)59(50-30-14-10-23-43(50)41-37-35-40(36-38-41)39-19-5-3-6-20-39)54-34-18-33-53-56(54)47-26-12-16-32-52(47)58(53)42-21-7-4-8-22-42/h3-38,43,50H,1-2H3. The lowest BCUT2D eigenvalue weighted by Crippen LogP contribution is -2.35. The van der Waals surface area contributed by atoms with Gasteiger partial charge in [-0.1, -0.05) is 196 Å². The molecule has 2 nitrogen and oxygen atoms in total. The van der Waals surface area contributed by atoms with Crippen molar-refractivity contribution in [1.82, 2.24) is 4.57 Å². The van der Waals surface area contributed by atoms with Gasteiger partial charge in [0.25, 0.3) is 0 Å². The van der Waals surface area contributed by atoms with Crippen molar-refractivity contribution in [1.29, 1.82) is 0 Å². The van der Waals surface area contributed by atoms with E-state index in [0.29, 0.717) is 0 Å². The second kappa shape index (κ2) is 14.0. The van der Waals surface area contributed by atoms with Crippen LogP contribution in [0.3, 0.4) is 0 Å². The van der Waals surface area contributed by atoms with E-state index in [1.165, 1.54) is 83.3 Å². The Kier molecular flexibility index (Phi) is 8.34. The Morgan fingerprint density at radius 2 is 1.05 bits per heavy atom. The monoisotopic (exact) mass is 756 g/mol. The molecule has 282 valence electrons. The fourth-order valence-corrected chi connectivity index (χ4v) is 10.1. The van der Waals surface area contributed by atoms with Crippen LogP contribution in [0.5, 0.6) is 0 Å². The van der Waals surface area contributed by atoms with Crippen molar-refractivity contribution in [3.8, 4) is 39.1 Å². The fraction of sp³-hybridized carbons (Fsp3) is 0.0877. The first kappa shape index (κ1) is 35.0. The minimum absolute atomic E-state index is 0.0337. The van der Waals surface area contributed by atoms with Gasteiger partial charge in [-0.3, -0.25) is 0 Å². The number of para-hydroxylation sites is 3. The molecule has 2 heteroatoms. The molecule has 2 unspecified atom stereocenters. The highest BCUT2D eigenvalue weighted by Crippen LogP contribution is 2.54. The average molecular weight is 757 g/mol. The highest BCUT2D eigenvalue weighted by molar-refractivity contribution is 6.16. The first-order chi connectivity index (χ1) is 29.1. The van der Waals surface area contributed by atoms with Gasteiger partial charge in [0.15, 0.2) is 0 Å². The molecule has 0 saturated heterocycles. The molecule has 0 N–H and O–H groups in total. The van der Waals surface area contributed by atoms with E-state index in [2.05, 4.69) is 242 Å². The first-order valence-electron chi connectivity index (χ1n) is 20.8. The van der Waals surface area contributed by atoms with Crippen molar-refractivity contribution in [2.24, 2.45) is 0 Å². The second-order valence-electron chi connectivity index (χ2n) is 16.4. The molecule has 1 aromatic heterocycles. The van der Waals surface area contributed by atoms with Gasteiger partial charge >= 0.3 is 0 Å². The maximum absolute atomic E-state index is 2.65. The summed E-state index contributed by atoms with van der Waals surface area (Å²) in [5, 5.41) is 2.48. The zero-order chi connectivity index (χ0) is 39.5. The SMILES string of the molecule is CC1(C)c2ccccc2-c2c(-c3ccccc3N(c3cccc4c3c3ccccc3n4-c3ccccc3)C3C=CC=CC3c3ccc(-c4ccccc4)cc3)cccc21. The molecule has 2 aliphatic carbocycles. The van der Waals surface area contributed by atoms with Crippen LogP contribution in [-0.2, 0) is 5.41 Å². The van der Waals surface area contributed by atoms with Gasteiger partial charge in [0.2, 0.25) is 0 Å². The number of fused-ring (bicyclic) bond motifs is 6. The Morgan fingerprint density at radius 3 is 1.88 bits per heavy atom. The number of benzene rings is 8. The third kappa shape index (κ3) is 5.62. The Hall–Kier alpha value is -7.16. The fourth-order valence-electron chi connectivity index (χ4n) is 10.1. The Morgan fingerprint density at radius 1 is 0.458 bits per heavy atom. The van der Waals surface area contributed by atoms with E-state index in [0.717, 1.165) is 5.69 Å². The summed E-state index contributed by atoms with van der Waals surface area (Å²) in [5.74, 6) is 0.0803. The molecular weight excluding hydrogens is 713 g/mol. The number of aromatic nitrogens is 1. The predicted octanol–water partition coefficient (Wildman–Crippen LogP) is 14.8. The number of rotatable bonds is 7. The van der Waals surface area contributed by atoms with Gasteiger partial charge in [-0.15, -0.1) is 0 Å². The average Bonchev–Trinajstić information content (AvgIpc) is 3.76. The highest BCUT2D eigenvalue weighted by atomic mass is 15.2. The van der Waals surface area contributed by atoms with Crippen molar-refractivity contribution in [3.63, 3.8) is 0 Å². The maximum atomic E-state index is 2.65. The van der Waals surface area contributed by atoms with Crippen molar-refractivity contribution < 1.29 is 0 Å². The van der Waals surface area contributed by atoms with Crippen molar-refractivity contribution in [3.05, 3.63) is 235 Å². The largest absolute Gasteiger partial charge is 0.332 e. The van der Waals surface area contributed by atoms with Crippen LogP contribution in [0.2, 0.25) is 0 Å². The minimum Gasteiger partial charge on any atom is -0.332 e. The molecule has 0 amide bonds. The number of hydrogen-bond donors (Lipinski definition) is 0. The number of nitrogens with zero attached hydrogens (tertiary/aromatic N) is 2. The second-order valence-corrected chi connectivity index (χ2v) is 16.4. The van der Waals surface area contributed by atoms with E-state index >= 15 is 0 Å². The Labute approximate surface area is 346 Å². The van der Waals surface area contributed by atoms with E-state index in [9.17, 15) is 0 Å². The van der Waals surface area contributed by atoms with Crippen LogP contribution >= 0.6 is 0 Å². The quantitative estimate of drug-likeness (QED) is 0.157. The van der Waals surface area contributed by atoms with Crippen LogP contribution in [0.1, 0.15) is 36.5 Å². The van der Waals surface area contributed by atoms with E-state index in [-0.39, 0.29) is 17.4 Å². The zero-order valence-electron chi connectivity index (χ0n) is 33.3. The van der Waals surface area contributed by atoms with Gasteiger partial charge in [-0.25, -0.2) is 0 Å². The molecule has 2 aliphatic rings. The molecule has 0 aliphatic heterocycles. The van der Waals surface area contributed by atoms with Crippen LogP contribution in [0.25, 0.3) is 60.9 Å². The molecular formula is C57H44N2.